The molecule has 20 heavy (non-hydrogen) atoms. The summed E-state index contributed by atoms with van der Waals surface area (Å²) in [5.41, 5.74) is 1.10. The van der Waals surface area contributed by atoms with Crippen LogP contribution in [-0.2, 0) is 0 Å². The van der Waals surface area contributed by atoms with Crippen LogP contribution in [0.15, 0.2) is 22.6 Å². The number of furan rings is 1. The highest BCUT2D eigenvalue weighted by Gasteiger charge is 2.14. The van der Waals surface area contributed by atoms with Crippen LogP contribution in [0.4, 0.5) is 5.82 Å². The summed E-state index contributed by atoms with van der Waals surface area (Å²) in [5, 5.41) is 12.3. The van der Waals surface area contributed by atoms with E-state index in [1.165, 1.54) is 12.1 Å². The molecule has 0 amide bonds. The molecule has 5 nitrogen and oxygen atoms in total. The van der Waals surface area contributed by atoms with Gasteiger partial charge in [0.2, 0.25) is 0 Å². The lowest BCUT2D eigenvalue weighted by Gasteiger charge is -2.14. The summed E-state index contributed by atoms with van der Waals surface area (Å²) in [6, 6.07) is 4.63. The molecule has 0 aromatic carbocycles. The molecule has 2 rings (SSSR count). The Balaban J connectivity index is 2.25. The summed E-state index contributed by atoms with van der Waals surface area (Å²) in [7, 11) is 0. The van der Waals surface area contributed by atoms with Gasteiger partial charge in [0.25, 0.3) is 0 Å². The molecule has 2 N–H and O–H groups in total. The second-order valence-electron chi connectivity index (χ2n) is 4.60. The summed E-state index contributed by atoms with van der Waals surface area (Å²) >= 11 is 5.83. The molecule has 0 radical (unpaired) electrons. The molecule has 6 heteroatoms. The number of nitrogens with zero attached hydrogens (tertiary/aromatic N) is 1. The molecular weight excluding hydrogens is 280 g/mol. The summed E-state index contributed by atoms with van der Waals surface area (Å²) in [6.45, 7) is 5.71. The second-order valence-corrected chi connectivity index (χ2v) is 4.99. The van der Waals surface area contributed by atoms with Crippen LogP contribution in [0.1, 0.15) is 40.4 Å². The largest absolute Gasteiger partial charge is 0.478 e. The Labute approximate surface area is 121 Å². The van der Waals surface area contributed by atoms with E-state index in [0.717, 1.165) is 17.1 Å². The molecule has 2 heterocycles. The lowest BCUT2D eigenvalue weighted by molar-refractivity contribution is 0.0697. The summed E-state index contributed by atoms with van der Waals surface area (Å²) in [4.78, 5) is 15.1. The smallest absolute Gasteiger partial charge is 0.335 e. The molecule has 0 aliphatic rings. The number of aromatic carboxylic acids is 1. The quantitative estimate of drug-likeness (QED) is 0.839. The number of carbonyl (C=O) groups is 1. The summed E-state index contributed by atoms with van der Waals surface area (Å²) in [5.74, 6) is 1.03. The topological polar surface area (TPSA) is 75.4 Å². The van der Waals surface area contributed by atoms with Crippen LogP contribution in [-0.4, -0.2) is 16.1 Å². The van der Waals surface area contributed by atoms with Gasteiger partial charge in [0.15, 0.2) is 0 Å². The van der Waals surface area contributed by atoms with Crippen molar-refractivity contribution in [2.75, 3.05) is 5.32 Å². The summed E-state index contributed by atoms with van der Waals surface area (Å²) in [6.07, 6.45) is 0. The Bertz CT molecular complexity index is 652. The van der Waals surface area contributed by atoms with Gasteiger partial charge in [-0.3, -0.25) is 0 Å². The predicted octanol–water partition coefficient (Wildman–Crippen LogP) is 3.82. The maximum absolute atomic E-state index is 11.0. The monoisotopic (exact) mass is 294 g/mol. The van der Waals surface area contributed by atoms with E-state index in [0.29, 0.717) is 5.82 Å². The van der Waals surface area contributed by atoms with Gasteiger partial charge in [0.1, 0.15) is 22.5 Å². The first-order valence-corrected chi connectivity index (χ1v) is 6.49. The maximum atomic E-state index is 11.0. The number of halogens is 1. The number of aromatic nitrogens is 1. The number of nitrogens with one attached hydrogen (secondary N) is 1. The van der Waals surface area contributed by atoms with Crippen molar-refractivity contribution in [3.05, 3.63) is 46.0 Å². The Kier molecular flexibility index (Phi) is 3.99. The Morgan fingerprint density at radius 2 is 2.10 bits per heavy atom. The number of carboxylic acid groups (broad SMARTS) is 1. The van der Waals surface area contributed by atoms with Crippen LogP contribution in [0.25, 0.3) is 0 Å². The standard InChI is InChI=1S/C14H15ClN2O3/c1-7-4-11(9(3)20-7)8(2)16-13-6-10(14(18)19)5-12(15)17-13/h4-6,8H,1-3H3,(H,16,17)(H,18,19). The molecule has 0 bridgehead atoms. The van der Waals surface area contributed by atoms with Crippen molar-refractivity contribution in [3.8, 4) is 0 Å². The lowest BCUT2D eigenvalue weighted by atomic mass is 10.1. The van der Waals surface area contributed by atoms with Crippen molar-refractivity contribution in [1.82, 2.24) is 4.98 Å². The van der Waals surface area contributed by atoms with Crippen molar-refractivity contribution >= 4 is 23.4 Å². The first-order chi connectivity index (χ1) is 9.36. The minimum absolute atomic E-state index is 0.0694. The van der Waals surface area contributed by atoms with E-state index >= 15 is 0 Å². The zero-order valence-corrected chi connectivity index (χ0v) is 12.2. The maximum Gasteiger partial charge on any atom is 0.335 e. The van der Waals surface area contributed by atoms with Gasteiger partial charge in [0.05, 0.1) is 11.6 Å². The van der Waals surface area contributed by atoms with Crippen molar-refractivity contribution in [2.45, 2.75) is 26.8 Å². The molecular formula is C14H15ClN2O3. The fourth-order valence-electron chi connectivity index (χ4n) is 2.07. The third-order valence-electron chi connectivity index (χ3n) is 2.95. The number of rotatable bonds is 4. The SMILES string of the molecule is Cc1cc(C(C)Nc2cc(C(=O)O)cc(Cl)n2)c(C)o1. The van der Waals surface area contributed by atoms with Gasteiger partial charge in [-0.25, -0.2) is 9.78 Å². The molecule has 1 unspecified atom stereocenters. The Morgan fingerprint density at radius 3 is 2.65 bits per heavy atom. The lowest BCUT2D eigenvalue weighted by Crippen LogP contribution is -2.09. The van der Waals surface area contributed by atoms with Crippen LogP contribution >= 0.6 is 11.6 Å². The second kappa shape index (κ2) is 5.54. The Hall–Kier alpha value is -2.01. The number of pyridine rings is 1. The third kappa shape index (κ3) is 3.11. The van der Waals surface area contributed by atoms with E-state index in [1.807, 2.05) is 26.8 Å². The third-order valence-corrected chi connectivity index (χ3v) is 3.14. The molecule has 0 aliphatic heterocycles. The van der Waals surface area contributed by atoms with Gasteiger partial charge in [0, 0.05) is 5.56 Å². The van der Waals surface area contributed by atoms with Gasteiger partial charge in [-0.2, -0.15) is 0 Å². The van der Waals surface area contributed by atoms with Crippen molar-refractivity contribution in [3.63, 3.8) is 0 Å². The minimum atomic E-state index is -1.04. The van der Waals surface area contributed by atoms with Gasteiger partial charge < -0.3 is 14.8 Å². The number of hydrogen-bond acceptors (Lipinski definition) is 4. The molecule has 0 saturated heterocycles. The molecule has 106 valence electrons. The molecule has 2 aromatic rings. The molecule has 0 saturated carbocycles. The fraction of sp³-hybridized carbons (Fsp3) is 0.286. The van der Waals surface area contributed by atoms with Crippen LogP contribution in [0, 0.1) is 13.8 Å². The van der Waals surface area contributed by atoms with Crippen molar-refractivity contribution in [2.24, 2.45) is 0 Å². The van der Waals surface area contributed by atoms with Crippen LogP contribution in [0.2, 0.25) is 5.15 Å². The number of aryl methyl sites for hydroxylation is 2. The van der Waals surface area contributed by atoms with Gasteiger partial charge in [-0.15, -0.1) is 0 Å². The van der Waals surface area contributed by atoms with Crippen LogP contribution in [0.5, 0.6) is 0 Å². The Morgan fingerprint density at radius 1 is 1.40 bits per heavy atom. The highest BCUT2D eigenvalue weighted by molar-refractivity contribution is 6.29. The normalized spacial score (nSPS) is 12.2. The van der Waals surface area contributed by atoms with Gasteiger partial charge in [-0.1, -0.05) is 11.6 Å². The number of anilines is 1. The van der Waals surface area contributed by atoms with Crippen molar-refractivity contribution < 1.29 is 14.3 Å². The zero-order valence-electron chi connectivity index (χ0n) is 11.4. The number of carboxylic acids is 1. The molecule has 0 spiro atoms. The van der Waals surface area contributed by atoms with Crippen molar-refractivity contribution in [1.29, 1.82) is 0 Å². The van der Waals surface area contributed by atoms with Gasteiger partial charge >= 0.3 is 5.97 Å². The average Bonchev–Trinajstić information content (AvgIpc) is 2.67. The van der Waals surface area contributed by atoms with Crippen LogP contribution in [0.3, 0.4) is 0 Å². The summed E-state index contributed by atoms with van der Waals surface area (Å²) < 4.78 is 5.48. The highest BCUT2D eigenvalue weighted by Crippen LogP contribution is 2.25. The van der Waals surface area contributed by atoms with E-state index in [9.17, 15) is 4.79 Å². The van der Waals surface area contributed by atoms with E-state index < -0.39 is 5.97 Å². The molecule has 0 aliphatic carbocycles. The van der Waals surface area contributed by atoms with E-state index in [1.54, 1.807) is 0 Å². The molecule has 1 atom stereocenters. The predicted molar refractivity (Wildman–Crippen MR) is 76.4 cm³/mol. The first kappa shape index (κ1) is 14.4. The molecule has 2 aromatic heterocycles. The van der Waals surface area contributed by atoms with Crippen LogP contribution < -0.4 is 5.32 Å². The van der Waals surface area contributed by atoms with E-state index in [-0.39, 0.29) is 16.8 Å². The van der Waals surface area contributed by atoms with E-state index in [4.69, 9.17) is 21.1 Å². The first-order valence-electron chi connectivity index (χ1n) is 6.11. The van der Waals surface area contributed by atoms with E-state index in [2.05, 4.69) is 10.3 Å². The number of hydrogen-bond donors (Lipinski definition) is 2. The molecule has 0 fully saturated rings. The highest BCUT2D eigenvalue weighted by atomic mass is 35.5. The fourth-order valence-corrected chi connectivity index (χ4v) is 2.28. The van der Waals surface area contributed by atoms with Gasteiger partial charge in [-0.05, 0) is 39.0 Å². The zero-order chi connectivity index (χ0) is 14.9. The average molecular weight is 295 g/mol. The minimum Gasteiger partial charge on any atom is -0.478 e.